The van der Waals surface area contributed by atoms with E-state index < -0.39 is 11.2 Å². The van der Waals surface area contributed by atoms with Gasteiger partial charge in [0.05, 0.1) is 6.61 Å². The summed E-state index contributed by atoms with van der Waals surface area (Å²) in [5, 5.41) is 0. The van der Waals surface area contributed by atoms with E-state index in [1.54, 1.807) is 23.1 Å². The molecule has 2 aromatic carbocycles. The van der Waals surface area contributed by atoms with E-state index in [1.165, 1.54) is 30.3 Å². The number of carbonyl (C=O) groups is 2. The molecule has 182 valence electrons. The number of ether oxygens (including phenoxy) is 1. The number of likely N-dealkylation sites (N-methyl/N-ethyl adjacent to an activating group) is 1. The van der Waals surface area contributed by atoms with Gasteiger partial charge in [0.1, 0.15) is 17.4 Å². The Morgan fingerprint density at radius 3 is 2.21 bits per heavy atom. The third kappa shape index (κ3) is 5.91. The lowest BCUT2D eigenvalue weighted by atomic mass is 9.75. The summed E-state index contributed by atoms with van der Waals surface area (Å²) < 4.78 is 32.9. The van der Waals surface area contributed by atoms with Gasteiger partial charge in [-0.2, -0.15) is 0 Å². The highest BCUT2D eigenvalue weighted by Crippen LogP contribution is 2.37. The molecule has 2 amide bonds. The van der Waals surface area contributed by atoms with Gasteiger partial charge in [-0.05, 0) is 62.4 Å². The first-order valence-electron chi connectivity index (χ1n) is 11.7. The predicted molar refractivity (Wildman–Crippen MR) is 125 cm³/mol. The maximum Gasteiger partial charge on any atom is 0.253 e. The molecule has 2 aliphatic heterocycles. The van der Waals surface area contributed by atoms with E-state index in [0.29, 0.717) is 63.4 Å². The summed E-state index contributed by atoms with van der Waals surface area (Å²) in [6.45, 7) is 4.32. The lowest BCUT2D eigenvalue weighted by molar-refractivity contribution is -0.136. The van der Waals surface area contributed by atoms with Crippen molar-refractivity contribution < 1.29 is 23.1 Å². The molecule has 34 heavy (non-hydrogen) atoms. The molecule has 0 radical (unpaired) electrons. The Morgan fingerprint density at radius 2 is 1.56 bits per heavy atom. The molecular weight excluding hydrogens is 440 g/mol. The van der Waals surface area contributed by atoms with Crippen LogP contribution in [0.25, 0.3) is 0 Å². The minimum absolute atomic E-state index is 0.0979. The Labute approximate surface area is 199 Å². The van der Waals surface area contributed by atoms with Crippen LogP contribution in [-0.4, -0.2) is 79.4 Å². The van der Waals surface area contributed by atoms with Crippen LogP contribution in [0.4, 0.5) is 8.78 Å². The number of amides is 2. The number of piperidine rings is 1. The number of halogens is 2. The molecule has 6 nitrogen and oxygen atoms in total. The molecule has 4 rings (SSSR count). The Bertz CT molecular complexity index is 999. The summed E-state index contributed by atoms with van der Waals surface area (Å²) in [6.07, 6.45) is 1.52. The van der Waals surface area contributed by atoms with Crippen molar-refractivity contribution in [1.29, 1.82) is 0 Å². The predicted octanol–water partition coefficient (Wildman–Crippen LogP) is 3.43. The Kier molecular flexibility index (Phi) is 7.46. The summed E-state index contributed by atoms with van der Waals surface area (Å²) in [5.74, 6) is -0.344. The molecule has 2 aromatic rings. The second-order valence-corrected chi connectivity index (χ2v) is 9.41. The SMILES string of the molecule is CN1CCN(C(=O)CC2(COc3ccc(F)cc3)CCN(C(=O)c3cccc(F)c3)CC2)CC1. The lowest BCUT2D eigenvalue weighted by Gasteiger charge is -2.42. The van der Waals surface area contributed by atoms with Crippen LogP contribution >= 0.6 is 0 Å². The van der Waals surface area contributed by atoms with Crippen molar-refractivity contribution in [2.45, 2.75) is 19.3 Å². The topological polar surface area (TPSA) is 53.1 Å². The van der Waals surface area contributed by atoms with Crippen molar-refractivity contribution in [2.24, 2.45) is 5.41 Å². The molecule has 0 aromatic heterocycles. The smallest absolute Gasteiger partial charge is 0.253 e. The van der Waals surface area contributed by atoms with Crippen molar-refractivity contribution in [3.05, 3.63) is 65.7 Å². The fourth-order valence-corrected chi connectivity index (χ4v) is 4.62. The first-order chi connectivity index (χ1) is 16.3. The Hall–Kier alpha value is -3.00. The molecule has 2 fully saturated rings. The molecular formula is C26H31F2N3O3. The van der Waals surface area contributed by atoms with Crippen LogP contribution in [0.2, 0.25) is 0 Å². The van der Waals surface area contributed by atoms with Crippen LogP contribution in [0.5, 0.6) is 5.75 Å². The zero-order valence-electron chi connectivity index (χ0n) is 19.5. The monoisotopic (exact) mass is 471 g/mol. The van der Waals surface area contributed by atoms with Gasteiger partial charge >= 0.3 is 0 Å². The molecule has 2 saturated heterocycles. The van der Waals surface area contributed by atoms with Gasteiger partial charge in [0.2, 0.25) is 5.91 Å². The number of hydrogen-bond donors (Lipinski definition) is 0. The maximum atomic E-state index is 13.6. The summed E-state index contributed by atoms with van der Waals surface area (Å²) in [6, 6.07) is 11.6. The minimum atomic E-state index is -0.442. The van der Waals surface area contributed by atoms with Gasteiger partial charge in [-0.25, -0.2) is 8.78 Å². The van der Waals surface area contributed by atoms with E-state index in [-0.39, 0.29) is 17.6 Å². The molecule has 0 N–H and O–H groups in total. The van der Waals surface area contributed by atoms with E-state index in [0.717, 1.165) is 13.1 Å². The van der Waals surface area contributed by atoms with E-state index in [2.05, 4.69) is 4.90 Å². The van der Waals surface area contributed by atoms with E-state index in [9.17, 15) is 18.4 Å². The van der Waals surface area contributed by atoms with Gasteiger partial charge in [0.25, 0.3) is 5.91 Å². The number of rotatable bonds is 6. The highest BCUT2D eigenvalue weighted by Gasteiger charge is 2.40. The molecule has 2 aliphatic rings. The number of carbonyl (C=O) groups excluding carboxylic acids is 2. The maximum absolute atomic E-state index is 13.6. The molecule has 2 heterocycles. The molecule has 0 saturated carbocycles. The third-order valence-corrected chi connectivity index (χ3v) is 6.92. The van der Waals surface area contributed by atoms with Gasteiger partial charge in [-0.1, -0.05) is 6.07 Å². The first-order valence-corrected chi connectivity index (χ1v) is 11.7. The largest absolute Gasteiger partial charge is 0.493 e. The highest BCUT2D eigenvalue weighted by atomic mass is 19.1. The molecule has 0 aliphatic carbocycles. The zero-order chi connectivity index (χ0) is 24.1. The summed E-state index contributed by atoms with van der Waals surface area (Å²) in [7, 11) is 2.05. The number of nitrogens with zero attached hydrogens (tertiary/aromatic N) is 3. The van der Waals surface area contributed by atoms with Crippen LogP contribution in [0.3, 0.4) is 0 Å². The van der Waals surface area contributed by atoms with Crippen molar-refractivity contribution in [3.8, 4) is 5.75 Å². The number of benzene rings is 2. The standard InChI is InChI=1S/C26H31F2N3O3/c1-29-13-15-30(16-14-29)24(32)18-26(19-34-23-7-5-21(27)6-8-23)9-11-31(12-10-26)25(33)20-3-2-4-22(28)17-20/h2-8,17H,9-16,18-19H2,1H3. The van der Waals surface area contributed by atoms with E-state index in [4.69, 9.17) is 4.74 Å². The molecule has 8 heteroatoms. The van der Waals surface area contributed by atoms with Gasteiger partial charge in [0, 0.05) is 56.7 Å². The van der Waals surface area contributed by atoms with E-state index >= 15 is 0 Å². The van der Waals surface area contributed by atoms with Crippen LogP contribution in [-0.2, 0) is 4.79 Å². The quantitative estimate of drug-likeness (QED) is 0.648. The van der Waals surface area contributed by atoms with Crippen molar-refractivity contribution in [3.63, 3.8) is 0 Å². The van der Waals surface area contributed by atoms with Crippen LogP contribution in [0, 0.1) is 17.0 Å². The first kappa shape index (κ1) is 24.1. The van der Waals surface area contributed by atoms with Crippen LogP contribution < -0.4 is 4.74 Å². The molecule has 0 atom stereocenters. The summed E-state index contributed by atoms with van der Waals surface area (Å²) >= 11 is 0. The average Bonchev–Trinajstić information content (AvgIpc) is 2.84. The third-order valence-electron chi connectivity index (χ3n) is 6.92. The molecule has 0 spiro atoms. The van der Waals surface area contributed by atoms with E-state index in [1.807, 2.05) is 11.9 Å². The van der Waals surface area contributed by atoms with Crippen LogP contribution in [0.15, 0.2) is 48.5 Å². The van der Waals surface area contributed by atoms with Crippen molar-refractivity contribution >= 4 is 11.8 Å². The highest BCUT2D eigenvalue weighted by molar-refractivity contribution is 5.94. The zero-order valence-corrected chi connectivity index (χ0v) is 19.5. The number of likely N-dealkylation sites (tertiary alicyclic amines) is 1. The van der Waals surface area contributed by atoms with Gasteiger partial charge in [-0.15, -0.1) is 0 Å². The second kappa shape index (κ2) is 10.5. The number of hydrogen-bond acceptors (Lipinski definition) is 4. The number of piperazine rings is 1. The normalized spacial score (nSPS) is 18.6. The minimum Gasteiger partial charge on any atom is -0.493 e. The molecule has 0 unspecified atom stereocenters. The van der Waals surface area contributed by atoms with Crippen LogP contribution in [0.1, 0.15) is 29.6 Å². The van der Waals surface area contributed by atoms with Crippen molar-refractivity contribution in [1.82, 2.24) is 14.7 Å². The average molecular weight is 472 g/mol. The molecule has 0 bridgehead atoms. The lowest BCUT2D eigenvalue weighted by Crippen LogP contribution is -2.51. The fraction of sp³-hybridized carbons (Fsp3) is 0.462. The van der Waals surface area contributed by atoms with Gasteiger partial charge < -0.3 is 19.4 Å². The summed E-state index contributed by atoms with van der Waals surface area (Å²) in [4.78, 5) is 31.9. The van der Waals surface area contributed by atoms with Gasteiger partial charge in [-0.3, -0.25) is 9.59 Å². The fourth-order valence-electron chi connectivity index (χ4n) is 4.62. The van der Waals surface area contributed by atoms with Crippen molar-refractivity contribution in [2.75, 3.05) is 52.9 Å². The second-order valence-electron chi connectivity index (χ2n) is 9.41. The Balaban J connectivity index is 1.44. The summed E-state index contributed by atoms with van der Waals surface area (Å²) in [5.41, 5.74) is -0.114. The Morgan fingerprint density at radius 1 is 0.882 bits per heavy atom. The van der Waals surface area contributed by atoms with Gasteiger partial charge in [0.15, 0.2) is 0 Å².